The summed E-state index contributed by atoms with van der Waals surface area (Å²) in [7, 11) is 0. The van der Waals surface area contributed by atoms with Crippen LogP contribution < -0.4 is 4.90 Å². The van der Waals surface area contributed by atoms with Gasteiger partial charge in [-0.3, -0.25) is 0 Å². The van der Waals surface area contributed by atoms with Crippen LogP contribution in [0.5, 0.6) is 0 Å². The lowest BCUT2D eigenvalue weighted by molar-refractivity contribution is 1.19. The van der Waals surface area contributed by atoms with Crippen molar-refractivity contribution < 1.29 is 0 Å². The van der Waals surface area contributed by atoms with Gasteiger partial charge in [0, 0.05) is 33.5 Å². The molecule has 0 N–H and O–H groups in total. The number of nitrogens with zero attached hydrogens (tertiary/aromatic N) is 2. The second kappa shape index (κ2) is 13.2. The van der Waals surface area contributed by atoms with Gasteiger partial charge in [-0.15, -0.1) is 0 Å². The Morgan fingerprint density at radius 2 is 0.804 bits per heavy atom. The summed E-state index contributed by atoms with van der Waals surface area (Å²) in [6.45, 7) is 0. The molecule has 10 aromatic carbocycles. The van der Waals surface area contributed by atoms with Crippen molar-refractivity contribution in [3.8, 4) is 27.9 Å². The molecule has 11 aromatic rings. The van der Waals surface area contributed by atoms with Gasteiger partial charge in [0.15, 0.2) is 0 Å². The van der Waals surface area contributed by atoms with Gasteiger partial charge in [0.1, 0.15) is 0 Å². The van der Waals surface area contributed by atoms with Gasteiger partial charge in [0.25, 0.3) is 0 Å². The lowest BCUT2D eigenvalue weighted by atomic mass is 10.0. The summed E-state index contributed by atoms with van der Waals surface area (Å²) >= 11 is 0. The van der Waals surface area contributed by atoms with Crippen molar-refractivity contribution >= 4 is 71.2 Å². The summed E-state index contributed by atoms with van der Waals surface area (Å²) in [5, 5.41) is 10.0. The predicted octanol–water partition coefficient (Wildman–Crippen LogP) is 15.0. The minimum Gasteiger partial charge on any atom is -0.310 e. The van der Waals surface area contributed by atoms with Crippen molar-refractivity contribution in [2.45, 2.75) is 0 Å². The van der Waals surface area contributed by atoms with Gasteiger partial charge in [-0.1, -0.05) is 152 Å². The molecule has 0 radical (unpaired) electrons. The Kier molecular flexibility index (Phi) is 7.53. The van der Waals surface area contributed by atoms with E-state index in [1.54, 1.807) is 0 Å². The summed E-state index contributed by atoms with van der Waals surface area (Å²) in [6.07, 6.45) is 0. The van der Waals surface area contributed by atoms with Gasteiger partial charge < -0.3 is 9.47 Å². The fourth-order valence-corrected chi connectivity index (χ4v) is 8.57. The summed E-state index contributed by atoms with van der Waals surface area (Å²) in [5.74, 6) is 0. The average molecular weight is 713 g/mol. The molecule has 2 heteroatoms. The molecule has 0 aliphatic heterocycles. The number of hydrogen-bond donors (Lipinski definition) is 0. The lowest BCUT2D eigenvalue weighted by Gasteiger charge is -2.26. The highest BCUT2D eigenvalue weighted by molar-refractivity contribution is 6.21. The third-order valence-electron chi connectivity index (χ3n) is 11.3. The molecule has 0 saturated heterocycles. The fraction of sp³-hybridized carbons (Fsp3) is 0. The van der Waals surface area contributed by atoms with Crippen LogP contribution in [0.3, 0.4) is 0 Å². The third kappa shape index (κ3) is 5.42. The molecule has 0 fully saturated rings. The summed E-state index contributed by atoms with van der Waals surface area (Å²) in [6, 6.07) is 79.5. The van der Waals surface area contributed by atoms with Crippen LogP contribution in [-0.2, 0) is 0 Å². The van der Waals surface area contributed by atoms with Crippen LogP contribution in [0, 0.1) is 0 Å². The Labute approximate surface area is 325 Å². The van der Waals surface area contributed by atoms with E-state index in [0.717, 1.165) is 22.7 Å². The molecule has 0 amide bonds. The van der Waals surface area contributed by atoms with Gasteiger partial charge in [0.05, 0.1) is 11.0 Å². The Morgan fingerprint density at radius 1 is 0.286 bits per heavy atom. The van der Waals surface area contributed by atoms with Crippen molar-refractivity contribution in [1.29, 1.82) is 0 Å². The van der Waals surface area contributed by atoms with Crippen molar-refractivity contribution in [1.82, 2.24) is 4.57 Å². The highest BCUT2D eigenvalue weighted by Crippen LogP contribution is 2.40. The van der Waals surface area contributed by atoms with Gasteiger partial charge in [-0.25, -0.2) is 0 Å². The van der Waals surface area contributed by atoms with Gasteiger partial charge in [-0.05, 0) is 121 Å². The molecule has 0 bridgehead atoms. The number of para-hydroxylation sites is 1. The van der Waals surface area contributed by atoms with Crippen molar-refractivity contribution in [3.05, 3.63) is 218 Å². The first-order valence-electron chi connectivity index (χ1n) is 19.3. The Bertz CT molecular complexity index is 3230. The van der Waals surface area contributed by atoms with Crippen molar-refractivity contribution in [2.75, 3.05) is 4.90 Å². The molecule has 0 spiro atoms. The average Bonchev–Trinajstić information content (AvgIpc) is 3.62. The number of benzene rings is 10. The number of rotatable bonds is 6. The summed E-state index contributed by atoms with van der Waals surface area (Å²) in [4.78, 5) is 2.37. The minimum absolute atomic E-state index is 1.11. The number of hydrogen-bond acceptors (Lipinski definition) is 1. The molecular weight excluding hydrogens is 677 g/mol. The zero-order chi connectivity index (χ0) is 37.0. The van der Waals surface area contributed by atoms with E-state index in [1.165, 1.54) is 76.4 Å². The smallest absolute Gasteiger partial charge is 0.0547 e. The van der Waals surface area contributed by atoms with Crippen LogP contribution in [0.1, 0.15) is 0 Å². The zero-order valence-corrected chi connectivity index (χ0v) is 30.7. The molecule has 0 aliphatic rings. The lowest BCUT2D eigenvalue weighted by Crippen LogP contribution is -2.09. The number of fused-ring (bicyclic) bond motifs is 7. The monoisotopic (exact) mass is 712 g/mol. The van der Waals surface area contributed by atoms with Gasteiger partial charge in [-0.2, -0.15) is 0 Å². The molecule has 11 rings (SSSR count). The molecule has 0 unspecified atom stereocenters. The molecule has 0 atom stereocenters. The maximum absolute atomic E-state index is 2.42. The van der Waals surface area contributed by atoms with E-state index >= 15 is 0 Å². The van der Waals surface area contributed by atoms with Gasteiger partial charge >= 0.3 is 0 Å². The van der Waals surface area contributed by atoms with E-state index in [0.29, 0.717) is 0 Å². The topological polar surface area (TPSA) is 8.17 Å². The van der Waals surface area contributed by atoms with Gasteiger partial charge in [0.2, 0.25) is 0 Å². The number of aromatic nitrogens is 1. The SMILES string of the molecule is c1ccc(-c2ccc(N(c3ccc(-c4ccc5ccccc5c4)cc3)c3ccc4cc(-n5c6ccccc6c6c7ccccc7ccc65)ccc4c3)cc2)cc1. The normalized spacial score (nSPS) is 11.6. The van der Waals surface area contributed by atoms with Crippen LogP contribution in [0.25, 0.3) is 82.1 Å². The summed E-state index contributed by atoms with van der Waals surface area (Å²) in [5.41, 5.74) is 11.7. The van der Waals surface area contributed by atoms with E-state index in [4.69, 9.17) is 0 Å². The van der Waals surface area contributed by atoms with E-state index < -0.39 is 0 Å². The van der Waals surface area contributed by atoms with Crippen LogP contribution in [0.2, 0.25) is 0 Å². The molecule has 56 heavy (non-hydrogen) atoms. The van der Waals surface area contributed by atoms with E-state index in [-0.39, 0.29) is 0 Å². The first-order valence-corrected chi connectivity index (χ1v) is 19.3. The Hall–Kier alpha value is -7.42. The second-order valence-corrected chi connectivity index (χ2v) is 14.6. The molecule has 2 nitrogen and oxygen atoms in total. The molecule has 0 aliphatic carbocycles. The fourth-order valence-electron chi connectivity index (χ4n) is 8.57. The van der Waals surface area contributed by atoms with E-state index in [1.807, 2.05) is 0 Å². The van der Waals surface area contributed by atoms with Crippen LogP contribution in [0.4, 0.5) is 17.1 Å². The first-order chi connectivity index (χ1) is 27.7. The molecule has 0 saturated carbocycles. The highest BCUT2D eigenvalue weighted by atomic mass is 15.1. The zero-order valence-electron chi connectivity index (χ0n) is 30.7. The summed E-state index contributed by atoms with van der Waals surface area (Å²) < 4.78 is 2.42. The number of anilines is 3. The second-order valence-electron chi connectivity index (χ2n) is 14.6. The molecular formula is C54H36N2. The Morgan fingerprint density at radius 3 is 1.59 bits per heavy atom. The van der Waals surface area contributed by atoms with Crippen LogP contribution in [-0.4, -0.2) is 4.57 Å². The van der Waals surface area contributed by atoms with Crippen LogP contribution in [0.15, 0.2) is 218 Å². The Balaban J connectivity index is 1.01. The third-order valence-corrected chi connectivity index (χ3v) is 11.3. The van der Waals surface area contributed by atoms with Crippen molar-refractivity contribution in [2.24, 2.45) is 0 Å². The standard InChI is InChI=1S/C54H36N2/c1-2-10-37(11-3-1)39-20-27-46(28-21-39)55(47-29-22-40(23-30-47)43-19-18-38-12-4-5-14-42(38)34-43)48-31-24-45-36-49(32-25-44(45)35-48)56-52-17-9-8-16-51(52)54-50-15-7-6-13-41(50)26-33-53(54)56/h1-36H. The largest absolute Gasteiger partial charge is 0.310 e. The predicted molar refractivity (Wildman–Crippen MR) is 239 cm³/mol. The molecule has 262 valence electrons. The van der Waals surface area contributed by atoms with Crippen LogP contribution >= 0.6 is 0 Å². The maximum atomic E-state index is 2.42. The quantitative estimate of drug-likeness (QED) is 0.167. The van der Waals surface area contributed by atoms with E-state index in [9.17, 15) is 0 Å². The van der Waals surface area contributed by atoms with E-state index in [2.05, 4.69) is 228 Å². The maximum Gasteiger partial charge on any atom is 0.0547 e. The highest BCUT2D eigenvalue weighted by Gasteiger charge is 2.17. The molecule has 1 aromatic heterocycles. The van der Waals surface area contributed by atoms with Crippen molar-refractivity contribution in [3.63, 3.8) is 0 Å². The molecule has 1 heterocycles. The minimum atomic E-state index is 1.11. The first kappa shape index (κ1) is 32.0.